The maximum Gasteiger partial charge on any atom is 0.251 e. The SMILES string of the molecule is CNc1nc(-c2cccnc2)nc2ccc(-c3ccc4c(c3)CCNC4=O)cc12. The number of benzene rings is 2. The number of aromatic nitrogens is 3. The standard InChI is InChI=1S/C23H19N5O/c1-24-22-19-12-15(14-4-6-18-16(11-14)8-10-26-23(18)29)5-7-20(19)27-21(28-22)17-3-2-9-25-13-17/h2-7,9,11-13H,8,10H2,1H3,(H,26,29)(H,24,27,28). The molecule has 0 fully saturated rings. The molecule has 6 heteroatoms. The lowest BCUT2D eigenvalue weighted by atomic mass is 9.94. The van der Waals surface area contributed by atoms with Crippen LogP contribution in [0.5, 0.6) is 0 Å². The summed E-state index contributed by atoms with van der Waals surface area (Å²) >= 11 is 0. The van der Waals surface area contributed by atoms with E-state index in [9.17, 15) is 4.79 Å². The van der Waals surface area contributed by atoms with Gasteiger partial charge in [-0.25, -0.2) is 9.97 Å². The van der Waals surface area contributed by atoms with Crippen LogP contribution >= 0.6 is 0 Å². The molecule has 142 valence electrons. The van der Waals surface area contributed by atoms with Gasteiger partial charge in [-0.2, -0.15) is 0 Å². The molecule has 4 aromatic rings. The van der Waals surface area contributed by atoms with E-state index >= 15 is 0 Å². The van der Waals surface area contributed by atoms with Gasteiger partial charge in [0.1, 0.15) is 5.82 Å². The van der Waals surface area contributed by atoms with E-state index in [4.69, 9.17) is 4.98 Å². The van der Waals surface area contributed by atoms with Crippen LogP contribution < -0.4 is 10.6 Å². The highest BCUT2D eigenvalue weighted by Gasteiger charge is 2.17. The van der Waals surface area contributed by atoms with Gasteiger partial charge in [0.05, 0.1) is 5.52 Å². The predicted octanol–water partition coefficient (Wildman–Crippen LogP) is 3.69. The van der Waals surface area contributed by atoms with Crippen LogP contribution in [-0.4, -0.2) is 34.5 Å². The van der Waals surface area contributed by atoms with E-state index < -0.39 is 0 Å². The molecule has 2 aromatic carbocycles. The quantitative estimate of drug-likeness (QED) is 0.566. The van der Waals surface area contributed by atoms with E-state index in [0.29, 0.717) is 12.4 Å². The Morgan fingerprint density at radius 2 is 1.86 bits per heavy atom. The molecular weight excluding hydrogens is 362 g/mol. The molecule has 2 aromatic heterocycles. The first-order valence-electron chi connectivity index (χ1n) is 9.54. The maximum atomic E-state index is 12.0. The average molecular weight is 381 g/mol. The van der Waals surface area contributed by atoms with E-state index in [-0.39, 0.29) is 5.91 Å². The van der Waals surface area contributed by atoms with Crippen molar-refractivity contribution in [1.82, 2.24) is 20.3 Å². The van der Waals surface area contributed by atoms with Gasteiger partial charge in [0.25, 0.3) is 5.91 Å². The van der Waals surface area contributed by atoms with Crippen molar-refractivity contribution >= 4 is 22.6 Å². The number of nitrogens with zero attached hydrogens (tertiary/aromatic N) is 3. The van der Waals surface area contributed by atoms with Crippen molar-refractivity contribution in [2.75, 3.05) is 18.9 Å². The summed E-state index contributed by atoms with van der Waals surface area (Å²) in [4.78, 5) is 25.6. The molecule has 29 heavy (non-hydrogen) atoms. The minimum atomic E-state index is 0.00473. The maximum absolute atomic E-state index is 12.0. The van der Waals surface area contributed by atoms with Crippen molar-refractivity contribution in [3.63, 3.8) is 0 Å². The molecule has 0 aliphatic carbocycles. The Balaban J connectivity index is 1.61. The lowest BCUT2D eigenvalue weighted by Crippen LogP contribution is -2.31. The molecule has 0 unspecified atom stereocenters. The normalized spacial score (nSPS) is 13.1. The van der Waals surface area contributed by atoms with Crippen molar-refractivity contribution in [2.24, 2.45) is 0 Å². The van der Waals surface area contributed by atoms with Gasteiger partial charge < -0.3 is 10.6 Å². The molecule has 0 saturated heterocycles. The molecule has 0 spiro atoms. The number of hydrogen-bond donors (Lipinski definition) is 2. The second-order valence-electron chi connectivity index (χ2n) is 7.00. The zero-order valence-electron chi connectivity index (χ0n) is 15.9. The Morgan fingerprint density at radius 3 is 2.69 bits per heavy atom. The van der Waals surface area contributed by atoms with Crippen molar-refractivity contribution in [1.29, 1.82) is 0 Å². The summed E-state index contributed by atoms with van der Waals surface area (Å²) in [5.74, 6) is 1.42. The minimum absolute atomic E-state index is 0.00473. The third-order valence-corrected chi connectivity index (χ3v) is 5.22. The third-order valence-electron chi connectivity index (χ3n) is 5.22. The smallest absolute Gasteiger partial charge is 0.251 e. The van der Waals surface area contributed by atoms with Crippen molar-refractivity contribution in [2.45, 2.75) is 6.42 Å². The Bertz CT molecular complexity index is 1240. The average Bonchev–Trinajstić information content (AvgIpc) is 2.78. The molecule has 2 N–H and O–H groups in total. The van der Waals surface area contributed by atoms with Gasteiger partial charge in [-0.3, -0.25) is 9.78 Å². The first kappa shape index (κ1) is 17.3. The summed E-state index contributed by atoms with van der Waals surface area (Å²) in [7, 11) is 1.86. The van der Waals surface area contributed by atoms with Crippen LogP contribution in [0.25, 0.3) is 33.4 Å². The van der Waals surface area contributed by atoms with Gasteiger partial charge >= 0.3 is 0 Å². The Labute approximate surface area is 168 Å². The summed E-state index contributed by atoms with van der Waals surface area (Å²) in [5.41, 5.74) is 5.75. The van der Waals surface area contributed by atoms with Crippen LogP contribution in [0.15, 0.2) is 60.9 Å². The molecule has 1 aliphatic heterocycles. The van der Waals surface area contributed by atoms with E-state index in [0.717, 1.165) is 51.0 Å². The summed E-state index contributed by atoms with van der Waals surface area (Å²) in [6, 6.07) is 16.0. The molecule has 3 heterocycles. The first-order valence-corrected chi connectivity index (χ1v) is 9.54. The Hall–Kier alpha value is -3.80. The van der Waals surface area contributed by atoms with E-state index in [1.807, 2.05) is 37.4 Å². The fourth-order valence-electron chi connectivity index (χ4n) is 3.73. The van der Waals surface area contributed by atoms with E-state index in [2.05, 4.69) is 38.8 Å². The molecule has 1 amide bonds. The zero-order valence-corrected chi connectivity index (χ0v) is 15.9. The molecule has 1 aliphatic rings. The second-order valence-corrected chi connectivity index (χ2v) is 7.00. The minimum Gasteiger partial charge on any atom is -0.373 e. The molecular formula is C23H19N5O. The highest BCUT2D eigenvalue weighted by atomic mass is 16.1. The number of carbonyl (C=O) groups is 1. The fourth-order valence-corrected chi connectivity index (χ4v) is 3.73. The summed E-state index contributed by atoms with van der Waals surface area (Å²) in [5, 5.41) is 7.03. The van der Waals surface area contributed by atoms with Crippen LogP contribution in [0.2, 0.25) is 0 Å². The highest BCUT2D eigenvalue weighted by molar-refractivity contribution is 5.98. The van der Waals surface area contributed by atoms with Crippen LogP contribution in [0, 0.1) is 0 Å². The third kappa shape index (κ3) is 3.08. The van der Waals surface area contributed by atoms with Gasteiger partial charge in [0.2, 0.25) is 0 Å². The number of carbonyl (C=O) groups excluding carboxylic acids is 1. The van der Waals surface area contributed by atoms with Gasteiger partial charge in [-0.05, 0) is 53.4 Å². The fraction of sp³-hybridized carbons (Fsp3) is 0.130. The molecule has 6 nitrogen and oxygen atoms in total. The van der Waals surface area contributed by atoms with E-state index in [1.54, 1.807) is 12.4 Å². The lowest BCUT2D eigenvalue weighted by molar-refractivity contribution is 0.0946. The Morgan fingerprint density at radius 1 is 1.00 bits per heavy atom. The number of fused-ring (bicyclic) bond motifs is 2. The first-order chi connectivity index (χ1) is 14.2. The van der Waals surface area contributed by atoms with Gasteiger partial charge in [-0.1, -0.05) is 18.2 Å². The summed E-state index contributed by atoms with van der Waals surface area (Å²) in [6.45, 7) is 0.682. The number of pyridine rings is 1. The van der Waals surface area contributed by atoms with Gasteiger partial charge in [0.15, 0.2) is 5.82 Å². The van der Waals surface area contributed by atoms with Crippen LogP contribution in [-0.2, 0) is 6.42 Å². The van der Waals surface area contributed by atoms with Gasteiger partial charge in [-0.15, -0.1) is 0 Å². The van der Waals surface area contributed by atoms with E-state index in [1.165, 1.54) is 0 Å². The van der Waals surface area contributed by atoms with Crippen LogP contribution in [0.4, 0.5) is 5.82 Å². The summed E-state index contributed by atoms with van der Waals surface area (Å²) < 4.78 is 0. The molecule has 0 radical (unpaired) electrons. The predicted molar refractivity (Wildman–Crippen MR) is 114 cm³/mol. The number of nitrogens with one attached hydrogen (secondary N) is 2. The zero-order chi connectivity index (χ0) is 19.8. The largest absolute Gasteiger partial charge is 0.373 e. The van der Waals surface area contributed by atoms with Crippen LogP contribution in [0.3, 0.4) is 0 Å². The summed E-state index contributed by atoms with van der Waals surface area (Å²) in [6.07, 6.45) is 4.35. The number of hydrogen-bond acceptors (Lipinski definition) is 5. The van der Waals surface area contributed by atoms with Crippen molar-refractivity contribution < 1.29 is 4.79 Å². The topological polar surface area (TPSA) is 79.8 Å². The number of rotatable bonds is 3. The number of anilines is 1. The van der Waals surface area contributed by atoms with Crippen molar-refractivity contribution in [3.8, 4) is 22.5 Å². The molecule has 0 saturated carbocycles. The second kappa shape index (κ2) is 6.98. The van der Waals surface area contributed by atoms with Crippen molar-refractivity contribution in [3.05, 3.63) is 72.1 Å². The lowest BCUT2D eigenvalue weighted by Gasteiger charge is -2.17. The molecule has 0 atom stereocenters. The van der Waals surface area contributed by atoms with Gasteiger partial charge in [0, 0.05) is 42.5 Å². The molecule has 5 rings (SSSR count). The van der Waals surface area contributed by atoms with Crippen LogP contribution in [0.1, 0.15) is 15.9 Å². The molecule has 0 bridgehead atoms. The highest BCUT2D eigenvalue weighted by Crippen LogP contribution is 2.30. The number of amides is 1. The Kier molecular flexibility index (Phi) is 4.17. The monoisotopic (exact) mass is 381 g/mol.